The smallest absolute Gasteiger partial charge is 0.227 e. The van der Waals surface area contributed by atoms with Gasteiger partial charge in [0, 0.05) is 13.1 Å². The van der Waals surface area contributed by atoms with Gasteiger partial charge in [0.25, 0.3) is 0 Å². The third kappa shape index (κ3) is 2.40. The molecule has 2 saturated carbocycles. The van der Waals surface area contributed by atoms with Crippen LogP contribution in [0.25, 0.3) is 0 Å². The number of nitrogens with two attached hydrogens (primary N) is 1. The van der Waals surface area contributed by atoms with Gasteiger partial charge in [-0.1, -0.05) is 26.2 Å². The lowest BCUT2D eigenvalue weighted by Crippen LogP contribution is -2.47. The summed E-state index contributed by atoms with van der Waals surface area (Å²) in [6.45, 7) is 3.62. The van der Waals surface area contributed by atoms with Crippen molar-refractivity contribution in [2.45, 2.75) is 45.4 Å². The predicted octanol–water partition coefficient (Wildman–Crippen LogP) is 1.67. The summed E-state index contributed by atoms with van der Waals surface area (Å²) < 4.78 is 0. The molecule has 2 unspecified atom stereocenters. The third-order valence-electron chi connectivity index (χ3n) is 4.48. The fourth-order valence-electron chi connectivity index (χ4n) is 2.85. The Labute approximate surface area is 98.2 Å². The van der Waals surface area contributed by atoms with Gasteiger partial charge in [-0.15, -0.1) is 0 Å². The fraction of sp³-hybridized carbons (Fsp3) is 0.923. The highest BCUT2D eigenvalue weighted by atomic mass is 16.2. The molecule has 3 heteroatoms. The van der Waals surface area contributed by atoms with Gasteiger partial charge in [-0.2, -0.15) is 0 Å². The first-order valence-electron chi connectivity index (χ1n) is 6.66. The van der Waals surface area contributed by atoms with Crippen molar-refractivity contribution >= 4 is 5.91 Å². The second-order valence-corrected chi connectivity index (χ2v) is 5.73. The maximum Gasteiger partial charge on any atom is 0.227 e. The van der Waals surface area contributed by atoms with E-state index in [2.05, 4.69) is 12.2 Å². The highest BCUT2D eigenvalue weighted by molar-refractivity contribution is 5.83. The van der Waals surface area contributed by atoms with Crippen molar-refractivity contribution in [3.05, 3.63) is 0 Å². The molecule has 0 aromatic rings. The van der Waals surface area contributed by atoms with Gasteiger partial charge in [-0.05, 0) is 31.1 Å². The summed E-state index contributed by atoms with van der Waals surface area (Å²) in [7, 11) is 0. The molecule has 2 fully saturated rings. The summed E-state index contributed by atoms with van der Waals surface area (Å²) in [5.41, 5.74) is 5.59. The van der Waals surface area contributed by atoms with E-state index in [1.54, 1.807) is 0 Å². The Balaban J connectivity index is 1.84. The highest BCUT2D eigenvalue weighted by Gasteiger charge is 2.39. The predicted molar refractivity (Wildman–Crippen MR) is 64.9 cm³/mol. The maximum atomic E-state index is 12.2. The van der Waals surface area contributed by atoms with Crippen LogP contribution >= 0.6 is 0 Å². The van der Waals surface area contributed by atoms with Crippen molar-refractivity contribution in [3.8, 4) is 0 Å². The van der Waals surface area contributed by atoms with Crippen LogP contribution in [0.4, 0.5) is 0 Å². The van der Waals surface area contributed by atoms with E-state index < -0.39 is 0 Å². The number of carbonyl (C=O) groups excluding carboxylic acids is 1. The number of rotatable bonds is 4. The number of hydrogen-bond donors (Lipinski definition) is 2. The SMILES string of the molecule is CC1CC1CNC(=O)C1(CN)CCCCC1. The molecule has 16 heavy (non-hydrogen) atoms. The third-order valence-corrected chi connectivity index (χ3v) is 4.48. The number of nitrogens with one attached hydrogen (secondary N) is 1. The molecule has 3 N–H and O–H groups in total. The molecule has 3 nitrogen and oxygen atoms in total. The normalized spacial score (nSPS) is 32.1. The zero-order valence-corrected chi connectivity index (χ0v) is 10.3. The van der Waals surface area contributed by atoms with Crippen LogP contribution in [-0.4, -0.2) is 19.0 Å². The minimum atomic E-state index is -0.240. The number of amides is 1. The highest BCUT2D eigenvalue weighted by Crippen LogP contribution is 2.38. The Hall–Kier alpha value is -0.570. The number of hydrogen-bond acceptors (Lipinski definition) is 2. The molecule has 0 saturated heterocycles. The van der Waals surface area contributed by atoms with Gasteiger partial charge >= 0.3 is 0 Å². The van der Waals surface area contributed by atoms with Crippen molar-refractivity contribution in [1.82, 2.24) is 5.32 Å². The summed E-state index contributed by atoms with van der Waals surface area (Å²) in [6.07, 6.45) is 6.81. The average Bonchev–Trinajstić information content (AvgIpc) is 3.03. The molecular formula is C13H24N2O. The molecule has 0 heterocycles. The monoisotopic (exact) mass is 224 g/mol. The first-order valence-corrected chi connectivity index (χ1v) is 6.66. The van der Waals surface area contributed by atoms with Gasteiger partial charge in [-0.25, -0.2) is 0 Å². The molecule has 2 rings (SSSR count). The summed E-state index contributed by atoms with van der Waals surface area (Å²) in [4.78, 5) is 12.2. The van der Waals surface area contributed by atoms with E-state index in [9.17, 15) is 4.79 Å². The van der Waals surface area contributed by atoms with Crippen LogP contribution in [0.1, 0.15) is 45.4 Å². The van der Waals surface area contributed by atoms with Crippen molar-refractivity contribution < 1.29 is 4.79 Å². The summed E-state index contributed by atoms with van der Waals surface area (Å²) in [5, 5.41) is 3.12. The second kappa shape index (κ2) is 4.74. The van der Waals surface area contributed by atoms with Gasteiger partial charge in [0.1, 0.15) is 0 Å². The Kier molecular flexibility index (Phi) is 3.53. The van der Waals surface area contributed by atoms with Gasteiger partial charge < -0.3 is 11.1 Å². The molecule has 0 aliphatic heterocycles. The fourth-order valence-corrected chi connectivity index (χ4v) is 2.85. The Morgan fingerprint density at radius 2 is 2.00 bits per heavy atom. The molecule has 0 aromatic heterocycles. The minimum absolute atomic E-state index is 0.216. The molecule has 2 aliphatic rings. The van der Waals surface area contributed by atoms with E-state index in [4.69, 9.17) is 5.73 Å². The van der Waals surface area contributed by atoms with Gasteiger partial charge in [0.05, 0.1) is 5.41 Å². The maximum absolute atomic E-state index is 12.2. The topological polar surface area (TPSA) is 55.1 Å². The number of carbonyl (C=O) groups is 1. The van der Waals surface area contributed by atoms with Crippen LogP contribution in [0.3, 0.4) is 0 Å². The van der Waals surface area contributed by atoms with Crippen molar-refractivity contribution in [2.75, 3.05) is 13.1 Å². The Morgan fingerprint density at radius 1 is 1.38 bits per heavy atom. The lowest BCUT2D eigenvalue weighted by Gasteiger charge is -2.34. The Morgan fingerprint density at radius 3 is 2.50 bits per heavy atom. The van der Waals surface area contributed by atoms with Crippen molar-refractivity contribution in [2.24, 2.45) is 23.0 Å². The molecule has 0 aromatic carbocycles. The van der Waals surface area contributed by atoms with Crippen LogP contribution < -0.4 is 11.1 Å². The van der Waals surface area contributed by atoms with Crippen molar-refractivity contribution in [3.63, 3.8) is 0 Å². The van der Waals surface area contributed by atoms with Gasteiger partial charge in [-0.3, -0.25) is 4.79 Å². The minimum Gasteiger partial charge on any atom is -0.355 e. The van der Waals surface area contributed by atoms with E-state index in [-0.39, 0.29) is 11.3 Å². The van der Waals surface area contributed by atoms with Crippen LogP contribution in [-0.2, 0) is 4.79 Å². The van der Waals surface area contributed by atoms with Crippen LogP contribution in [0.5, 0.6) is 0 Å². The van der Waals surface area contributed by atoms with E-state index in [1.807, 2.05) is 0 Å². The average molecular weight is 224 g/mol. The van der Waals surface area contributed by atoms with E-state index in [1.165, 1.54) is 12.8 Å². The van der Waals surface area contributed by atoms with E-state index in [0.29, 0.717) is 6.54 Å². The zero-order chi connectivity index (χ0) is 11.6. The van der Waals surface area contributed by atoms with Gasteiger partial charge in [0.15, 0.2) is 0 Å². The van der Waals surface area contributed by atoms with Crippen LogP contribution in [0.2, 0.25) is 0 Å². The molecule has 1 amide bonds. The molecule has 0 bridgehead atoms. The molecule has 2 aliphatic carbocycles. The lowest BCUT2D eigenvalue weighted by atomic mass is 9.73. The van der Waals surface area contributed by atoms with Crippen LogP contribution in [0, 0.1) is 17.3 Å². The first-order chi connectivity index (χ1) is 7.68. The zero-order valence-electron chi connectivity index (χ0n) is 10.3. The molecule has 0 radical (unpaired) electrons. The second-order valence-electron chi connectivity index (χ2n) is 5.73. The standard InChI is InChI=1S/C13H24N2O/c1-10-7-11(10)8-15-12(16)13(9-14)5-3-2-4-6-13/h10-11H,2-9,14H2,1H3,(H,15,16). The molecule has 2 atom stereocenters. The molecule has 0 spiro atoms. The summed E-state index contributed by atoms with van der Waals surface area (Å²) >= 11 is 0. The summed E-state index contributed by atoms with van der Waals surface area (Å²) in [6, 6.07) is 0. The van der Waals surface area contributed by atoms with E-state index >= 15 is 0 Å². The van der Waals surface area contributed by atoms with Gasteiger partial charge in [0.2, 0.25) is 5.91 Å². The molecular weight excluding hydrogens is 200 g/mol. The van der Waals surface area contributed by atoms with Crippen molar-refractivity contribution in [1.29, 1.82) is 0 Å². The Bertz CT molecular complexity index is 259. The summed E-state index contributed by atoms with van der Waals surface area (Å²) in [5.74, 6) is 1.75. The lowest BCUT2D eigenvalue weighted by molar-refractivity contribution is -0.132. The molecule has 92 valence electrons. The van der Waals surface area contributed by atoms with E-state index in [0.717, 1.165) is 44.1 Å². The van der Waals surface area contributed by atoms with Crippen LogP contribution in [0.15, 0.2) is 0 Å². The quantitative estimate of drug-likeness (QED) is 0.763. The first kappa shape index (κ1) is 11.9. The largest absolute Gasteiger partial charge is 0.355 e.